The van der Waals surface area contributed by atoms with Crippen molar-refractivity contribution in [2.24, 2.45) is 5.92 Å². The first-order valence-electron chi connectivity index (χ1n) is 10.5. The van der Waals surface area contributed by atoms with Crippen LogP contribution in [-0.2, 0) is 21.2 Å². The Labute approximate surface area is 189 Å². The molecule has 2 atom stereocenters. The lowest BCUT2D eigenvalue weighted by molar-refractivity contribution is -0.136. The molecule has 1 saturated heterocycles. The molecule has 5 rings (SSSR count). The van der Waals surface area contributed by atoms with Gasteiger partial charge in [-0.3, -0.25) is 9.48 Å². The van der Waals surface area contributed by atoms with Crippen molar-refractivity contribution in [2.75, 3.05) is 13.1 Å². The van der Waals surface area contributed by atoms with Gasteiger partial charge in [0.05, 0.1) is 23.7 Å². The minimum Gasteiger partial charge on any atom is -0.481 e. The van der Waals surface area contributed by atoms with Crippen LogP contribution in [0.5, 0.6) is 0 Å². The summed E-state index contributed by atoms with van der Waals surface area (Å²) >= 11 is 1.29. The van der Waals surface area contributed by atoms with Gasteiger partial charge in [0.2, 0.25) is 0 Å². The van der Waals surface area contributed by atoms with Crippen LogP contribution >= 0.6 is 11.3 Å². The molecule has 32 heavy (non-hydrogen) atoms. The van der Waals surface area contributed by atoms with Crippen LogP contribution in [0.2, 0.25) is 0 Å². The third-order valence-corrected chi connectivity index (χ3v) is 9.61. The Morgan fingerprint density at radius 1 is 1.16 bits per heavy atom. The highest BCUT2D eigenvalue weighted by atomic mass is 32.2. The fourth-order valence-electron chi connectivity index (χ4n) is 4.58. The molecule has 2 aromatic carbocycles. The summed E-state index contributed by atoms with van der Waals surface area (Å²) in [5.74, 6) is -0.854. The number of hydrogen-bond acceptors (Lipinski definition) is 5. The quantitative estimate of drug-likeness (QED) is 0.458. The summed E-state index contributed by atoms with van der Waals surface area (Å²) in [6, 6.07) is 16.8. The van der Waals surface area contributed by atoms with E-state index in [4.69, 9.17) is 0 Å². The van der Waals surface area contributed by atoms with Gasteiger partial charge in [-0.2, -0.15) is 9.40 Å². The third kappa shape index (κ3) is 3.50. The summed E-state index contributed by atoms with van der Waals surface area (Å²) in [7, 11) is -3.63. The van der Waals surface area contributed by atoms with Crippen molar-refractivity contribution in [3.05, 3.63) is 60.3 Å². The summed E-state index contributed by atoms with van der Waals surface area (Å²) < 4.78 is 31.7. The van der Waals surface area contributed by atoms with Crippen LogP contribution in [0.3, 0.4) is 0 Å². The van der Waals surface area contributed by atoms with Crippen LogP contribution < -0.4 is 0 Å². The normalized spacial score (nSPS) is 19.8. The maximum atomic E-state index is 13.5. The molecule has 0 bridgehead atoms. The summed E-state index contributed by atoms with van der Waals surface area (Å²) in [4.78, 5) is 11.3. The van der Waals surface area contributed by atoms with E-state index in [0.717, 1.165) is 27.4 Å². The average Bonchev–Trinajstić information content (AvgIpc) is 3.49. The van der Waals surface area contributed by atoms with Gasteiger partial charge in [0, 0.05) is 23.2 Å². The molecule has 7 nitrogen and oxygen atoms in total. The van der Waals surface area contributed by atoms with Crippen LogP contribution in [0.1, 0.15) is 25.1 Å². The minimum atomic E-state index is -3.63. The Morgan fingerprint density at radius 3 is 2.66 bits per heavy atom. The highest BCUT2D eigenvalue weighted by Crippen LogP contribution is 2.38. The Kier molecular flexibility index (Phi) is 5.27. The van der Waals surface area contributed by atoms with Crippen LogP contribution in [0, 0.1) is 5.92 Å². The van der Waals surface area contributed by atoms with Crippen molar-refractivity contribution >= 4 is 48.3 Å². The lowest BCUT2D eigenvalue weighted by Gasteiger charge is -2.18. The Bertz CT molecular complexity index is 1390. The van der Waals surface area contributed by atoms with Crippen molar-refractivity contribution in [3.8, 4) is 0 Å². The van der Waals surface area contributed by atoms with E-state index in [1.54, 1.807) is 10.4 Å². The second kappa shape index (κ2) is 7.99. The first kappa shape index (κ1) is 21.1. The fourth-order valence-corrected chi connectivity index (χ4v) is 7.65. The summed E-state index contributed by atoms with van der Waals surface area (Å²) in [6.07, 6.45) is 0.631. The lowest BCUT2D eigenvalue weighted by Crippen LogP contribution is -2.29. The maximum Gasteiger partial charge on any atom is 0.309 e. The number of aliphatic carboxylic acids is 1. The van der Waals surface area contributed by atoms with Gasteiger partial charge >= 0.3 is 5.97 Å². The van der Waals surface area contributed by atoms with Gasteiger partial charge in [-0.25, -0.2) is 8.42 Å². The van der Waals surface area contributed by atoms with E-state index in [0.29, 0.717) is 23.0 Å². The van der Waals surface area contributed by atoms with Gasteiger partial charge in [0.25, 0.3) is 10.0 Å². The highest BCUT2D eigenvalue weighted by molar-refractivity contribution is 7.91. The number of carboxylic acid groups (broad SMARTS) is 1. The molecule has 0 amide bonds. The van der Waals surface area contributed by atoms with Crippen LogP contribution in [-0.4, -0.2) is 46.7 Å². The monoisotopic (exact) mass is 469 g/mol. The number of rotatable bonds is 6. The molecule has 0 saturated carbocycles. The molecule has 1 fully saturated rings. The Morgan fingerprint density at radius 2 is 1.91 bits per heavy atom. The van der Waals surface area contributed by atoms with Gasteiger partial charge in [-0.15, -0.1) is 11.3 Å². The van der Waals surface area contributed by atoms with Gasteiger partial charge in [-0.1, -0.05) is 43.3 Å². The summed E-state index contributed by atoms with van der Waals surface area (Å²) in [5.41, 5.74) is 1.35. The molecule has 1 N–H and O–H groups in total. The van der Waals surface area contributed by atoms with Crippen LogP contribution in [0.4, 0.5) is 0 Å². The van der Waals surface area contributed by atoms with E-state index in [2.05, 4.69) is 12.0 Å². The topological polar surface area (TPSA) is 92.5 Å². The maximum absolute atomic E-state index is 13.5. The first-order valence-corrected chi connectivity index (χ1v) is 12.8. The zero-order valence-electron chi connectivity index (χ0n) is 17.5. The molecule has 2 aromatic heterocycles. The molecule has 0 radical (unpaired) electrons. The largest absolute Gasteiger partial charge is 0.481 e. The third-order valence-electron chi connectivity index (χ3n) is 6.22. The van der Waals surface area contributed by atoms with E-state index in [1.807, 2.05) is 53.2 Å². The fraction of sp³-hybridized carbons (Fsp3) is 0.304. The smallest absolute Gasteiger partial charge is 0.309 e. The van der Waals surface area contributed by atoms with E-state index in [9.17, 15) is 18.3 Å². The van der Waals surface area contributed by atoms with Crippen molar-refractivity contribution in [3.63, 3.8) is 0 Å². The van der Waals surface area contributed by atoms with Crippen molar-refractivity contribution < 1.29 is 18.3 Å². The predicted molar refractivity (Wildman–Crippen MR) is 124 cm³/mol. The zero-order chi connectivity index (χ0) is 22.5. The molecular formula is C23H23N3O4S2. The number of nitrogens with zero attached hydrogens (tertiary/aromatic N) is 3. The van der Waals surface area contributed by atoms with Crippen molar-refractivity contribution in [1.82, 2.24) is 14.1 Å². The molecule has 1 aliphatic heterocycles. The van der Waals surface area contributed by atoms with E-state index in [-0.39, 0.29) is 18.4 Å². The number of sulfonamides is 1. The second-order valence-electron chi connectivity index (χ2n) is 8.14. The highest BCUT2D eigenvalue weighted by Gasteiger charge is 2.41. The predicted octanol–water partition coefficient (Wildman–Crippen LogP) is 4.15. The van der Waals surface area contributed by atoms with E-state index in [1.165, 1.54) is 11.3 Å². The zero-order valence-corrected chi connectivity index (χ0v) is 19.1. The van der Waals surface area contributed by atoms with E-state index < -0.39 is 16.0 Å². The Hall–Kier alpha value is -2.75. The SMILES string of the molecule is CC[C@@H]1CN(S(=O)(=O)c2cc3ccccc3s2)C[C@@H]1n1nc(CC(=O)O)c2ccccc21. The molecule has 4 aromatic rings. The number of aromatic nitrogens is 2. The van der Waals surface area contributed by atoms with Gasteiger partial charge in [-0.05, 0) is 35.9 Å². The molecule has 3 heterocycles. The van der Waals surface area contributed by atoms with Crippen molar-refractivity contribution in [1.29, 1.82) is 0 Å². The molecule has 1 aliphatic rings. The number of hydrogen-bond donors (Lipinski definition) is 1. The molecule has 0 aliphatic carbocycles. The molecule has 0 spiro atoms. The number of benzene rings is 2. The number of carbonyl (C=O) groups is 1. The van der Waals surface area contributed by atoms with Crippen LogP contribution in [0.25, 0.3) is 21.0 Å². The average molecular weight is 470 g/mol. The first-order chi connectivity index (χ1) is 15.4. The number of carboxylic acids is 1. The van der Waals surface area contributed by atoms with Gasteiger partial charge in [0.15, 0.2) is 0 Å². The summed E-state index contributed by atoms with van der Waals surface area (Å²) in [5, 5.41) is 15.7. The van der Waals surface area contributed by atoms with Crippen LogP contribution in [0.15, 0.2) is 58.8 Å². The van der Waals surface area contributed by atoms with Gasteiger partial charge in [0.1, 0.15) is 4.21 Å². The van der Waals surface area contributed by atoms with E-state index >= 15 is 0 Å². The number of thiophene rings is 1. The standard InChI is InChI=1S/C23H23N3O4S2/c1-2-15-13-25(32(29,30)23-11-16-7-3-6-10-21(16)31-23)14-20(15)26-19-9-5-4-8-17(19)18(24-26)12-22(27)28/h3-11,15,20H,2,12-14H2,1H3,(H,27,28)/t15-,20+/m1/s1. The number of fused-ring (bicyclic) bond motifs is 2. The summed E-state index contributed by atoms with van der Waals surface area (Å²) in [6.45, 7) is 2.78. The molecule has 166 valence electrons. The van der Waals surface area contributed by atoms with Gasteiger partial charge < -0.3 is 5.11 Å². The number of para-hydroxylation sites is 1. The molecule has 9 heteroatoms. The van der Waals surface area contributed by atoms with Crippen molar-refractivity contribution in [2.45, 2.75) is 30.0 Å². The molecular weight excluding hydrogens is 446 g/mol. The lowest BCUT2D eigenvalue weighted by atomic mass is 10.0. The second-order valence-corrected chi connectivity index (χ2v) is 11.4. The molecule has 0 unspecified atom stereocenters. The Balaban J connectivity index is 1.52. The minimum absolute atomic E-state index is 0.0835.